The van der Waals surface area contributed by atoms with E-state index < -0.39 is 12.0 Å². The zero-order valence-corrected chi connectivity index (χ0v) is 23.5. The first kappa shape index (κ1) is 27.1. The monoisotopic (exact) mass is 564 g/mol. The van der Waals surface area contributed by atoms with Crippen molar-refractivity contribution in [3.63, 3.8) is 0 Å². The number of imidazole rings is 1. The van der Waals surface area contributed by atoms with Crippen LogP contribution < -0.4 is 14.8 Å². The van der Waals surface area contributed by atoms with Crippen molar-refractivity contribution in [2.24, 2.45) is 7.05 Å². The van der Waals surface area contributed by atoms with Crippen LogP contribution in [0.4, 0.5) is 4.79 Å². The second-order valence-corrected chi connectivity index (χ2v) is 10.6. The van der Waals surface area contributed by atoms with Gasteiger partial charge in [0.1, 0.15) is 6.61 Å². The maximum absolute atomic E-state index is 13.8. The molecular formula is C33H32N4O5. The van der Waals surface area contributed by atoms with Gasteiger partial charge < -0.3 is 24.1 Å². The van der Waals surface area contributed by atoms with Crippen LogP contribution in [-0.2, 0) is 36.0 Å². The molecule has 0 radical (unpaired) electrons. The topological polar surface area (TPSA) is 96.6 Å². The third kappa shape index (κ3) is 5.72. The Hall–Kier alpha value is -5.05. The van der Waals surface area contributed by atoms with Gasteiger partial charge in [-0.2, -0.15) is 0 Å². The third-order valence-corrected chi connectivity index (χ3v) is 7.56. The van der Waals surface area contributed by atoms with E-state index in [0.29, 0.717) is 24.3 Å². The first-order chi connectivity index (χ1) is 20.5. The second kappa shape index (κ2) is 11.8. The van der Waals surface area contributed by atoms with Crippen molar-refractivity contribution in [1.29, 1.82) is 0 Å². The number of aryl methyl sites for hydroxylation is 1. The number of carbonyl (C=O) groups is 2. The third-order valence-electron chi connectivity index (χ3n) is 7.56. The molecule has 6 rings (SSSR count). The van der Waals surface area contributed by atoms with Crippen molar-refractivity contribution in [2.75, 3.05) is 6.79 Å². The Kier molecular flexibility index (Phi) is 7.64. The van der Waals surface area contributed by atoms with Crippen LogP contribution in [0.5, 0.6) is 11.5 Å². The zero-order chi connectivity index (χ0) is 29.1. The summed E-state index contributed by atoms with van der Waals surface area (Å²) in [5.41, 5.74) is 4.40. The number of benzene rings is 3. The minimum atomic E-state index is -0.466. The van der Waals surface area contributed by atoms with E-state index in [-0.39, 0.29) is 25.3 Å². The van der Waals surface area contributed by atoms with Crippen LogP contribution in [0.2, 0.25) is 0 Å². The molecule has 0 spiro atoms. The predicted molar refractivity (Wildman–Crippen MR) is 157 cm³/mol. The molecule has 9 heteroatoms. The first-order valence-corrected chi connectivity index (χ1v) is 13.9. The summed E-state index contributed by atoms with van der Waals surface area (Å²) in [7, 11) is 1.92. The number of hydrogen-bond acceptors (Lipinski definition) is 6. The van der Waals surface area contributed by atoms with Crippen LogP contribution in [0.15, 0.2) is 91.5 Å². The first-order valence-electron chi connectivity index (χ1n) is 13.9. The molecule has 1 aliphatic rings. The van der Waals surface area contributed by atoms with E-state index in [1.807, 2.05) is 97.5 Å². The van der Waals surface area contributed by atoms with Gasteiger partial charge >= 0.3 is 6.09 Å². The Balaban J connectivity index is 1.20. The smallest absolute Gasteiger partial charge is 0.418 e. The van der Waals surface area contributed by atoms with Crippen molar-refractivity contribution in [3.8, 4) is 11.5 Å². The Morgan fingerprint density at radius 3 is 2.60 bits per heavy atom. The predicted octanol–water partition coefficient (Wildman–Crippen LogP) is 5.36. The summed E-state index contributed by atoms with van der Waals surface area (Å²) in [5, 5.41) is 4.15. The van der Waals surface area contributed by atoms with Gasteiger partial charge in [0.15, 0.2) is 11.5 Å². The number of amides is 1. The molecule has 5 aromatic rings. The van der Waals surface area contributed by atoms with Crippen LogP contribution in [0.1, 0.15) is 35.2 Å². The lowest BCUT2D eigenvalue weighted by Gasteiger charge is -2.21. The van der Waals surface area contributed by atoms with Crippen molar-refractivity contribution in [2.45, 2.75) is 38.3 Å². The molecule has 0 saturated carbocycles. The fraction of sp³-hybridized carbons (Fsp3) is 0.242. The highest BCUT2D eigenvalue weighted by atomic mass is 16.7. The zero-order valence-electron chi connectivity index (χ0n) is 23.5. The number of para-hydroxylation sites is 1. The van der Waals surface area contributed by atoms with Crippen LogP contribution >= 0.6 is 0 Å². The molecule has 2 atom stereocenters. The number of nitrogens with zero attached hydrogens (tertiary/aromatic N) is 3. The largest absolute Gasteiger partial charge is 0.454 e. The molecule has 214 valence electrons. The SMILES string of the molecule is C[C@H](Cc1cn(C(=O)OCc2ccccc2)c2ccccc12)NC(=O)C(Cc1cncn1C)c1ccc2c(c1)OCO2. The van der Waals surface area contributed by atoms with E-state index in [0.717, 1.165) is 33.3 Å². The Bertz CT molecular complexity index is 1730. The molecule has 0 aliphatic carbocycles. The fourth-order valence-electron chi connectivity index (χ4n) is 5.36. The summed E-state index contributed by atoms with van der Waals surface area (Å²) < 4.78 is 20.1. The lowest BCUT2D eigenvalue weighted by molar-refractivity contribution is -0.123. The molecular weight excluding hydrogens is 532 g/mol. The molecule has 1 amide bonds. The number of fused-ring (bicyclic) bond motifs is 2. The normalized spacial score (nSPS) is 13.6. The van der Waals surface area contributed by atoms with Gasteiger partial charge in [-0.05, 0) is 48.2 Å². The van der Waals surface area contributed by atoms with Crippen LogP contribution in [0.3, 0.4) is 0 Å². The van der Waals surface area contributed by atoms with Gasteiger partial charge in [-0.15, -0.1) is 0 Å². The van der Waals surface area contributed by atoms with Gasteiger partial charge in [-0.25, -0.2) is 9.78 Å². The molecule has 3 heterocycles. The van der Waals surface area contributed by atoms with Crippen molar-refractivity contribution >= 4 is 22.9 Å². The van der Waals surface area contributed by atoms with E-state index >= 15 is 0 Å². The lowest BCUT2D eigenvalue weighted by Crippen LogP contribution is -2.38. The number of ether oxygens (including phenoxy) is 3. The highest BCUT2D eigenvalue weighted by molar-refractivity contribution is 5.92. The van der Waals surface area contributed by atoms with E-state index in [2.05, 4.69) is 10.3 Å². The minimum Gasteiger partial charge on any atom is -0.454 e. The Morgan fingerprint density at radius 2 is 1.79 bits per heavy atom. The molecule has 1 N–H and O–H groups in total. The van der Waals surface area contributed by atoms with Crippen LogP contribution in [0, 0.1) is 0 Å². The average molecular weight is 565 g/mol. The van der Waals surface area contributed by atoms with Crippen LogP contribution in [-0.4, -0.2) is 39.0 Å². The maximum atomic E-state index is 13.8. The molecule has 3 aromatic carbocycles. The van der Waals surface area contributed by atoms with Gasteiger partial charge in [0.2, 0.25) is 12.7 Å². The fourth-order valence-corrected chi connectivity index (χ4v) is 5.36. The highest BCUT2D eigenvalue weighted by Gasteiger charge is 2.27. The molecule has 0 bridgehead atoms. The quantitative estimate of drug-likeness (QED) is 0.259. The molecule has 42 heavy (non-hydrogen) atoms. The average Bonchev–Trinajstić information content (AvgIpc) is 3.73. The summed E-state index contributed by atoms with van der Waals surface area (Å²) in [6, 6.07) is 22.7. The van der Waals surface area contributed by atoms with E-state index in [1.165, 1.54) is 0 Å². The molecule has 1 unspecified atom stereocenters. The molecule has 1 aliphatic heterocycles. The molecule has 0 saturated heterocycles. The highest BCUT2D eigenvalue weighted by Crippen LogP contribution is 2.35. The van der Waals surface area contributed by atoms with Crippen LogP contribution in [0.25, 0.3) is 10.9 Å². The number of aromatic nitrogens is 3. The summed E-state index contributed by atoms with van der Waals surface area (Å²) >= 11 is 0. The lowest BCUT2D eigenvalue weighted by atomic mass is 9.92. The summed E-state index contributed by atoms with van der Waals surface area (Å²) in [4.78, 5) is 31.1. The number of nitrogens with one attached hydrogen (secondary N) is 1. The van der Waals surface area contributed by atoms with Gasteiger partial charge in [-0.3, -0.25) is 9.36 Å². The number of carbonyl (C=O) groups excluding carboxylic acids is 2. The van der Waals surface area contributed by atoms with Gasteiger partial charge in [0.25, 0.3) is 0 Å². The molecule has 2 aromatic heterocycles. The molecule has 9 nitrogen and oxygen atoms in total. The standard InChI is InChI=1S/C33H32N4O5/c1-22(14-25-18-37(29-11-7-6-10-27(25)29)33(39)40-19-23-8-4-3-5-9-23)35-32(38)28(16-26-17-34-20-36(26)2)24-12-13-30-31(15-24)42-21-41-30/h3-13,15,17-18,20,22,28H,14,16,19,21H2,1-2H3,(H,35,38)/t22-,28?/m1/s1. The van der Waals surface area contributed by atoms with E-state index in [1.54, 1.807) is 17.1 Å². The van der Waals surface area contributed by atoms with Gasteiger partial charge in [0, 0.05) is 43.0 Å². The van der Waals surface area contributed by atoms with Gasteiger partial charge in [0.05, 0.1) is 17.8 Å². The maximum Gasteiger partial charge on any atom is 0.418 e. The number of rotatable bonds is 9. The Labute approximate surface area is 243 Å². The van der Waals surface area contributed by atoms with Crippen molar-refractivity contribution in [1.82, 2.24) is 19.4 Å². The summed E-state index contributed by atoms with van der Waals surface area (Å²) in [6.07, 6.45) is 5.88. The van der Waals surface area contributed by atoms with E-state index in [9.17, 15) is 9.59 Å². The van der Waals surface area contributed by atoms with Crippen molar-refractivity contribution in [3.05, 3.63) is 114 Å². The molecule has 0 fully saturated rings. The van der Waals surface area contributed by atoms with Crippen molar-refractivity contribution < 1.29 is 23.8 Å². The van der Waals surface area contributed by atoms with E-state index in [4.69, 9.17) is 14.2 Å². The second-order valence-electron chi connectivity index (χ2n) is 10.6. The number of hydrogen-bond donors (Lipinski definition) is 1. The van der Waals surface area contributed by atoms with Gasteiger partial charge in [-0.1, -0.05) is 54.6 Å². The summed E-state index contributed by atoms with van der Waals surface area (Å²) in [5.74, 6) is 0.737. The Morgan fingerprint density at radius 1 is 1.00 bits per heavy atom. The summed E-state index contributed by atoms with van der Waals surface area (Å²) in [6.45, 7) is 2.33. The minimum absolute atomic E-state index is 0.103.